The zero-order chi connectivity index (χ0) is 12.8. The van der Waals surface area contributed by atoms with Crippen molar-refractivity contribution in [2.24, 2.45) is 0 Å². The van der Waals surface area contributed by atoms with Crippen LogP contribution in [-0.2, 0) is 19.1 Å². The average Bonchev–Trinajstić information content (AvgIpc) is 2.17. The van der Waals surface area contributed by atoms with Gasteiger partial charge in [0.15, 0.2) is 0 Å². The van der Waals surface area contributed by atoms with E-state index in [0.717, 1.165) is 6.08 Å². The topological polar surface area (TPSA) is 52.6 Å². The number of hydrogen-bond acceptors (Lipinski definition) is 4. The lowest BCUT2D eigenvalue weighted by Crippen LogP contribution is -2.36. The van der Waals surface area contributed by atoms with Gasteiger partial charge in [-0.15, -0.1) is 0 Å². The van der Waals surface area contributed by atoms with Gasteiger partial charge in [-0.25, -0.2) is 9.59 Å². The summed E-state index contributed by atoms with van der Waals surface area (Å²) in [5.74, 6) is -2.45. The molecule has 0 aromatic heterocycles. The van der Waals surface area contributed by atoms with E-state index in [9.17, 15) is 9.59 Å². The second-order valence-electron chi connectivity index (χ2n) is 3.68. The third-order valence-corrected chi connectivity index (χ3v) is 1.84. The Balaban J connectivity index is 4.67. The van der Waals surface area contributed by atoms with Gasteiger partial charge in [-0.2, -0.15) is 0 Å². The number of carbonyl (C=O) groups excluding carboxylic acids is 2. The smallest absolute Gasteiger partial charge is 0.336 e. The normalized spacial score (nSPS) is 13.4. The Morgan fingerprint density at radius 2 is 1.94 bits per heavy atom. The van der Waals surface area contributed by atoms with E-state index in [1.807, 2.05) is 6.92 Å². The maximum Gasteiger partial charge on any atom is 0.336 e. The summed E-state index contributed by atoms with van der Waals surface area (Å²) in [6.45, 7) is 11.7. The Kier molecular flexibility index (Phi) is 5.50. The van der Waals surface area contributed by atoms with Crippen LogP contribution in [0, 0.1) is 0 Å². The maximum absolute atomic E-state index is 11.4. The van der Waals surface area contributed by atoms with Crippen molar-refractivity contribution in [1.82, 2.24) is 0 Å². The summed E-state index contributed by atoms with van der Waals surface area (Å²) in [5, 5.41) is 0. The van der Waals surface area contributed by atoms with E-state index in [2.05, 4.69) is 13.2 Å². The minimum absolute atomic E-state index is 0.261. The molecular formula is C12H18O4. The quantitative estimate of drug-likeness (QED) is 0.396. The molecule has 0 saturated heterocycles. The molecule has 0 aliphatic heterocycles. The first-order valence-electron chi connectivity index (χ1n) is 5.09. The molecule has 0 rings (SSSR count). The van der Waals surface area contributed by atoms with Crippen LogP contribution >= 0.6 is 0 Å². The van der Waals surface area contributed by atoms with Crippen LogP contribution in [0.3, 0.4) is 0 Å². The zero-order valence-corrected chi connectivity index (χ0v) is 10.0. The monoisotopic (exact) mass is 226 g/mol. The molecule has 0 aromatic carbocycles. The predicted octanol–water partition coefficient (Wildman–Crippen LogP) is 2.35. The second-order valence-corrected chi connectivity index (χ2v) is 3.68. The van der Waals surface area contributed by atoms with Crippen LogP contribution in [0.15, 0.2) is 24.8 Å². The van der Waals surface area contributed by atoms with Gasteiger partial charge in [-0.05, 0) is 13.3 Å². The van der Waals surface area contributed by atoms with Gasteiger partial charge in [0.25, 0.3) is 5.79 Å². The van der Waals surface area contributed by atoms with Crippen molar-refractivity contribution in [2.45, 2.75) is 39.4 Å². The molecule has 90 valence electrons. The van der Waals surface area contributed by atoms with E-state index in [0.29, 0.717) is 12.8 Å². The molecule has 16 heavy (non-hydrogen) atoms. The zero-order valence-electron chi connectivity index (χ0n) is 10.0. The number of carbonyl (C=O) groups is 2. The Morgan fingerprint density at radius 1 is 1.38 bits per heavy atom. The van der Waals surface area contributed by atoms with Gasteiger partial charge < -0.3 is 9.47 Å². The molecule has 0 aromatic rings. The lowest BCUT2D eigenvalue weighted by atomic mass is 10.2. The van der Waals surface area contributed by atoms with Crippen LogP contribution in [0.1, 0.15) is 33.6 Å². The van der Waals surface area contributed by atoms with Crippen molar-refractivity contribution in [1.29, 1.82) is 0 Å². The molecule has 4 nitrogen and oxygen atoms in total. The fraction of sp³-hybridized carbons (Fsp3) is 0.500. The van der Waals surface area contributed by atoms with E-state index in [-0.39, 0.29) is 5.57 Å². The highest BCUT2D eigenvalue weighted by molar-refractivity contribution is 5.87. The standard InChI is InChI=1S/C12H18O4/c1-6-8-12(5,15-10(13)7-2)16-11(14)9(3)4/h7H,2-3,6,8H2,1,4-5H3. The molecule has 0 N–H and O–H groups in total. The van der Waals surface area contributed by atoms with Crippen molar-refractivity contribution in [2.75, 3.05) is 0 Å². The summed E-state index contributed by atoms with van der Waals surface area (Å²) in [7, 11) is 0. The summed E-state index contributed by atoms with van der Waals surface area (Å²) in [6, 6.07) is 0. The van der Waals surface area contributed by atoms with Gasteiger partial charge in [0.2, 0.25) is 0 Å². The fourth-order valence-electron chi connectivity index (χ4n) is 1.11. The van der Waals surface area contributed by atoms with E-state index < -0.39 is 17.7 Å². The lowest BCUT2D eigenvalue weighted by molar-refractivity contribution is -0.218. The Hall–Kier alpha value is -1.58. The summed E-state index contributed by atoms with van der Waals surface area (Å²) in [6.07, 6.45) is 2.17. The van der Waals surface area contributed by atoms with Crippen LogP contribution in [0.2, 0.25) is 0 Å². The second kappa shape index (κ2) is 6.10. The Bertz CT molecular complexity index is 306. The number of hydrogen-bond donors (Lipinski definition) is 0. The summed E-state index contributed by atoms with van der Waals surface area (Å²) >= 11 is 0. The molecule has 0 aliphatic rings. The molecule has 1 atom stereocenters. The van der Waals surface area contributed by atoms with Crippen LogP contribution in [0.25, 0.3) is 0 Å². The summed E-state index contributed by atoms with van der Waals surface area (Å²) in [4.78, 5) is 22.5. The van der Waals surface area contributed by atoms with Crippen LogP contribution in [0.4, 0.5) is 0 Å². The van der Waals surface area contributed by atoms with E-state index in [4.69, 9.17) is 9.47 Å². The number of ether oxygens (including phenoxy) is 2. The maximum atomic E-state index is 11.4. The molecule has 0 radical (unpaired) electrons. The van der Waals surface area contributed by atoms with Gasteiger partial charge >= 0.3 is 11.9 Å². The molecule has 4 heteroatoms. The first kappa shape index (κ1) is 14.4. The van der Waals surface area contributed by atoms with Gasteiger partial charge in [0.1, 0.15) is 0 Å². The van der Waals surface area contributed by atoms with Gasteiger partial charge in [-0.3, -0.25) is 0 Å². The fourth-order valence-corrected chi connectivity index (χ4v) is 1.11. The minimum atomic E-state index is -1.25. The third-order valence-electron chi connectivity index (χ3n) is 1.84. The van der Waals surface area contributed by atoms with Crippen molar-refractivity contribution in [3.63, 3.8) is 0 Å². The minimum Gasteiger partial charge on any atom is -0.420 e. The van der Waals surface area contributed by atoms with Crippen LogP contribution in [0.5, 0.6) is 0 Å². The Labute approximate surface area is 95.9 Å². The predicted molar refractivity (Wildman–Crippen MR) is 60.5 cm³/mol. The van der Waals surface area contributed by atoms with Crippen molar-refractivity contribution >= 4 is 11.9 Å². The number of esters is 2. The van der Waals surface area contributed by atoms with Crippen LogP contribution < -0.4 is 0 Å². The molecule has 0 heterocycles. The summed E-state index contributed by atoms with van der Waals surface area (Å²) in [5.41, 5.74) is 0.261. The molecular weight excluding hydrogens is 208 g/mol. The van der Waals surface area contributed by atoms with Crippen molar-refractivity contribution in [3.05, 3.63) is 24.8 Å². The number of rotatable bonds is 6. The molecule has 0 fully saturated rings. The van der Waals surface area contributed by atoms with Crippen molar-refractivity contribution in [3.8, 4) is 0 Å². The highest BCUT2D eigenvalue weighted by Gasteiger charge is 2.31. The van der Waals surface area contributed by atoms with Crippen LogP contribution in [-0.4, -0.2) is 17.7 Å². The van der Waals surface area contributed by atoms with E-state index >= 15 is 0 Å². The van der Waals surface area contributed by atoms with Gasteiger partial charge in [0, 0.05) is 25.0 Å². The summed E-state index contributed by atoms with van der Waals surface area (Å²) < 4.78 is 10.1. The lowest BCUT2D eigenvalue weighted by Gasteiger charge is -2.28. The first-order chi connectivity index (χ1) is 7.34. The van der Waals surface area contributed by atoms with E-state index in [1.165, 1.54) is 6.92 Å². The highest BCUT2D eigenvalue weighted by Crippen LogP contribution is 2.21. The molecule has 0 spiro atoms. The first-order valence-corrected chi connectivity index (χ1v) is 5.09. The molecule has 0 amide bonds. The molecule has 1 unspecified atom stereocenters. The molecule has 0 bridgehead atoms. The largest absolute Gasteiger partial charge is 0.420 e. The van der Waals surface area contributed by atoms with Gasteiger partial charge in [-0.1, -0.05) is 20.1 Å². The Morgan fingerprint density at radius 3 is 2.31 bits per heavy atom. The SMILES string of the molecule is C=CC(=O)OC(C)(CCC)OC(=O)C(=C)C. The molecule has 0 aliphatic carbocycles. The van der Waals surface area contributed by atoms with E-state index in [1.54, 1.807) is 6.92 Å². The average molecular weight is 226 g/mol. The molecule has 0 saturated carbocycles. The van der Waals surface area contributed by atoms with Gasteiger partial charge in [0.05, 0.1) is 0 Å². The highest BCUT2D eigenvalue weighted by atomic mass is 16.7. The van der Waals surface area contributed by atoms with Crippen molar-refractivity contribution < 1.29 is 19.1 Å². The third kappa shape index (κ3) is 4.77.